The lowest BCUT2D eigenvalue weighted by Crippen LogP contribution is -2.31. The van der Waals surface area contributed by atoms with Crippen molar-refractivity contribution in [1.29, 1.82) is 0 Å². The standard InChI is InChI=1S/C17H22ClN3O4S/c1-10(21-13(4)11(2)12(3)20-21)9-19-26(22,23)17-8-16-15(7-14(17)18)24-5-6-25-16/h7-8,10,19H,5-6,9H2,1-4H3/t10-/m1/s1. The van der Waals surface area contributed by atoms with Gasteiger partial charge >= 0.3 is 0 Å². The van der Waals surface area contributed by atoms with E-state index in [1.807, 2.05) is 32.4 Å². The molecular weight excluding hydrogens is 378 g/mol. The molecule has 1 N–H and O–H groups in total. The van der Waals surface area contributed by atoms with E-state index >= 15 is 0 Å². The molecule has 9 heteroatoms. The Morgan fingerprint density at radius 2 is 1.85 bits per heavy atom. The summed E-state index contributed by atoms with van der Waals surface area (Å²) in [5.74, 6) is 0.829. The average molecular weight is 400 g/mol. The molecule has 1 atom stereocenters. The fourth-order valence-corrected chi connectivity index (χ4v) is 4.47. The molecule has 0 saturated heterocycles. The van der Waals surface area contributed by atoms with E-state index in [0.717, 1.165) is 17.0 Å². The van der Waals surface area contributed by atoms with Gasteiger partial charge in [-0.05, 0) is 33.3 Å². The highest BCUT2D eigenvalue weighted by Crippen LogP contribution is 2.37. The molecule has 3 rings (SSSR count). The Labute approximate surface area is 158 Å². The second-order valence-corrected chi connectivity index (χ2v) is 8.51. The van der Waals surface area contributed by atoms with E-state index in [0.29, 0.717) is 24.7 Å². The Kier molecular flexibility index (Phi) is 5.18. The number of rotatable bonds is 5. The second kappa shape index (κ2) is 7.09. The van der Waals surface area contributed by atoms with Crippen LogP contribution in [0.4, 0.5) is 0 Å². The van der Waals surface area contributed by atoms with Crippen molar-refractivity contribution in [3.8, 4) is 11.5 Å². The molecule has 1 aliphatic heterocycles. The lowest BCUT2D eigenvalue weighted by Gasteiger charge is -2.20. The number of nitrogens with zero attached hydrogens (tertiary/aromatic N) is 2. The molecule has 2 heterocycles. The minimum absolute atomic E-state index is 0.0276. The first-order valence-corrected chi connectivity index (χ1v) is 10.2. The monoisotopic (exact) mass is 399 g/mol. The number of aromatic nitrogens is 2. The molecular formula is C17H22ClN3O4S. The summed E-state index contributed by atoms with van der Waals surface area (Å²) in [5.41, 5.74) is 3.06. The van der Waals surface area contributed by atoms with Gasteiger partial charge < -0.3 is 9.47 Å². The molecule has 0 fully saturated rings. The SMILES string of the molecule is Cc1nn([C@H](C)CNS(=O)(=O)c2cc3c(cc2Cl)OCCO3)c(C)c1C. The van der Waals surface area contributed by atoms with Crippen molar-refractivity contribution in [3.63, 3.8) is 0 Å². The van der Waals surface area contributed by atoms with Gasteiger partial charge in [0, 0.05) is 24.4 Å². The molecule has 142 valence electrons. The van der Waals surface area contributed by atoms with Crippen molar-refractivity contribution in [2.45, 2.75) is 38.6 Å². The van der Waals surface area contributed by atoms with Gasteiger partial charge in [-0.3, -0.25) is 4.68 Å². The van der Waals surface area contributed by atoms with Crippen LogP contribution in [-0.4, -0.2) is 38.0 Å². The van der Waals surface area contributed by atoms with E-state index in [-0.39, 0.29) is 22.5 Å². The molecule has 0 spiro atoms. The first-order valence-electron chi connectivity index (χ1n) is 8.32. The maximum absolute atomic E-state index is 12.7. The largest absolute Gasteiger partial charge is 0.486 e. The zero-order valence-corrected chi connectivity index (χ0v) is 16.7. The lowest BCUT2D eigenvalue weighted by atomic mass is 10.2. The highest BCUT2D eigenvalue weighted by molar-refractivity contribution is 7.89. The van der Waals surface area contributed by atoms with Gasteiger partial charge in [0.05, 0.1) is 16.8 Å². The third-order valence-corrected chi connectivity index (χ3v) is 6.45. The lowest BCUT2D eigenvalue weighted by molar-refractivity contribution is 0.171. The van der Waals surface area contributed by atoms with Crippen LogP contribution in [0.5, 0.6) is 11.5 Å². The van der Waals surface area contributed by atoms with Gasteiger partial charge in [-0.1, -0.05) is 11.6 Å². The normalized spacial score (nSPS) is 15.1. The number of aryl methyl sites for hydroxylation is 1. The van der Waals surface area contributed by atoms with Gasteiger partial charge in [-0.2, -0.15) is 5.10 Å². The van der Waals surface area contributed by atoms with E-state index in [2.05, 4.69) is 9.82 Å². The molecule has 1 aromatic carbocycles. The van der Waals surface area contributed by atoms with Crippen LogP contribution < -0.4 is 14.2 Å². The molecule has 0 unspecified atom stereocenters. The van der Waals surface area contributed by atoms with E-state index in [9.17, 15) is 8.42 Å². The summed E-state index contributed by atoms with van der Waals surface area (Å²) in [6.45, 7) is 8.78. The summed E-state index contributed by atoms with van der Waals surface area (Å²) in [7, 11) is -3.80. The molecule has 7 nitrogen and oxygen atoms in total. The molecule has 0 amide bonds. The number of halogens is 1. The van der Waals surface area contributed by atoms with Crippen LogP contribution in [0.15, 0.2) is 17.0 Å². The summed E-state index contributed by atoms with van der Waals surface area (Å²) in [5, 5.41) is 4.57. The first-order chi connectivity index (χ1) is 12.2. The quantitative estimate of drug-likeness (QED) is 0.835. The van der Waals surface area contributed by atoms with Crippen molar-refractivity contribution in [2.75, 3.05) is 19.8 Å². The molecule has 1 aromatic heterocycles. The molecule has 2 aromatic rings. The van der Waals surface area contributed by atoms with Gasteiger partial charge in [-0.15, -0.1) is 0 Å². The Balaban J connectivity index is 1.80. The number of hydrogen-bond acceptors (Lipinski definition) is 5. The van der Waals surface area contributed by atoms with Gasteiger partial charge in [0.1, 0.15) is 18.1 Å². The van der Waals surface area contributed by atoms with E-state index in [1.165, 1.54) is 12.1 Å². The second-order valence-electron chi connectivity index (χ2n) is 6.37. The number of nitrogens with one attached hydrogen (secondary N) is 1. The number of sulfonamides is 1. The summed E-state index contributed by atoms with van der Waals surface area (Å²) >= 11 is 6.16. The van der Waals surface area contributed by atoms with Crippen molar-refractivity contribution in [3.05, 3.63) is 34.1 Å². The summed E-state index contributed by atoms with van der Waals surface area (Å²) in [6.07, 6.45) is 0. The molecule has 0 aliphatic carbocycles. The average Bonchev–Trinajstić information content (AvgIpc) is 2.86. The molecule has 0 radical (unpaired) electrons. The third-order valence-electron chi connectivity index (χ3n) is 4.56. The fraction of sp³-hybridized carbons (Fsp3) is 0.471. The van der Waals surface area contributed by atoms with Crippen LogP contribution in [0.25, 0.3) is 0 Å². The number of fused-ring (bicyclic) bond motifs is 1. The predicted molar refractivity (Wildman–Crippen MR) is 98.8 cm³/mol. The highest BCUT2D eigenvalue weighted by Gasteiger charge is 2.24. The number of ether oxygens (including phenoxy) is 2. The summed E-state index contributed by atoms with van der Waals surface area (Å²) in [6, 6.07) is 2.73. The Hall–Kier alpha value is -1.77. The first kappa shape index (κ1) is 19.0. The summed E-state index contributed by atoms with van der Waals surface area (Å²) < 4.78 is 40.7. The maximum Gasteiger partial charge on any atom is 0.242 e. The molecule has 0 bridgehead atoms. The van der Waals surface area contributed by atoms with Crippen LogP contribution in [-0.2, 0) is 10.0 Å². The number of benzene rings is 1. The van der Waals surface area contributed by atoms with Crippen molar-refractivity contribution < 1.29 is 17.9 Å². The zero-order chi connectivity index (χ0) is 19.1. The predicted octanol–water partition coefficient (Wildman–Crippen LogP) is 2.77. The van der Waals surface area contributed by atoms with Crippen molar-refractivity contribution in [1.82, 2.24) is 14.5 Å². The molecule has 1 aliphatic rings. The topological polar surface area (TPSA) is 82.5 Å². The minimum atomic E-state index is -3.80. The van der Waals surface area contributed by atoms with Crippen LogP contribution in [0, 0.1) is 20.8 Å². The van der Waals surface area contributed by atoms with E-state index in [1.54, 1.807) is 0 Å². The fourth-order valence-electron chi connectivity index (χ4n) is 2.82. The maximum atomic E-state index is 12.7. The molecule has 26 heavy (non-hydrogen) atoms. The van der Waals surface area contributed by atoms with E-state index < -0.39 is 10.0 Å². The van der Waals surface area contributed by atoms with Crippen molar-refractivity contribution >= 4 is 21.6 Å². The Morgan fingerprint density at radius 1 is 1.23 bits per heavy atom. The zero-order valence-electron chi connectivity index (χ0n) is 15.2. The van der Waals surface area contributed by atoms with Gasteiger partial charge in [0.15, 0.2) is 11.5 Å². The Bertz CT molecular complexity index is 940. The van der Waals surface area contributed by atoms with Gasteiger partial charge in [0.2, 0.25) is 10.0 Å². The van der Waals surface area contributed by atoms with Crippen molar-refractivity contribution in [2.24, 2.45) is 0 Å². The Morgan fingerprint density at radius 3 is 2.42 bits per heavy atom. The molecule has 0 saturated carbocycles. The van der Waals surface area contributed by atoms with Crippen LogP contribution in [0.3, 0.4) is 0 Å². The van der Waals surface area contributed by atoms with Crippen LogP contribution in [0.2, 0.25) is 5.02 Å². The minimum Gasteiger partial charge on any atom is -0.486 e. The van der Waals surface area contributed by atoms with Crippen LogP contribution in [0.1, 0.15) is 29.9 Å². The van der Waals surface area contributed by atoms with Gasteiger partial charge in [0.25, 0.3) is 0 Å². The van der Waals surface area contributed by atoms with Gasteiger partial charge in [-0.25, -0.2) is 13.1 Å². The number of hydrogen-bond donors (Lipinski definition) is 1. The van der Waals surface area contributed by atoms with Crippen LogP contribution >= 0.6 is 11.6 Å². The van der Waals surface area contributed by atoms with E-state index in [4.69, 9.17) is 21.1 Å². The smallest absolute Gasteiger partial charge is 0.242 e. The summed E-state index contributed by atoms with van der Waals surface area (Å²) in [4.78, 5) is -0.0276. The highest BCUT2D eigenvalue weighted by atomic mass is 35.5. The third kappa shape index (κ3) is 3.54.